The number of hydrogen-bond acceptors (Lipinski definition) is 5. The van der Waals surface area contributed by atoms with E-state index < -0.39 is 0 Å². The fourth-order valence-corrected chi connectivity index (χ4v) is 3.21. The average Bonchev–Trinajstić information content (AvgIpc) is 2.71. The molecule has 7 nitrogen and oxygen atoms in total. The van der Waals surface area contributed by atoms with Gasteiger partial charge in [0.15, 0.2) is 17.5 Å². The number of hydrogen-bond donors (Lipinski definition) is 2. The Morgan fingerprint density at radius 3 is 2.63 bits per heavy atom. The first kappa shape index (κ1) is 21.3. The maximum absolute atomic E-state index is 5.56. The summed E-state index contributed by atoms with van der Waals surface area (Å²) in [5.74, 6) is 2.88. The number of anilines is 1. The van der Waals surface area contributed by atoms with Crippen molar-refractivity contribution in [1.82, 2.24) is 10.2 Å². The molecular weight excluding hydrogens is 344 g/mol. The Hall–Kier alpha value is -1.99. The van der Waals surface area contributed by atoms with Crippen LogP contribution in [0.5, 0.6) is 11.5 Å². The Morgan fingerprint density at radius 2 is 2.00 bits per heavy atom. The first-order chi connectivity index (χ1) is 13.2. The molecule has 7 heteroatoms. The number of nitrogens with one attached hydrogen (secondary N) is 2. The topological polar surface area (TPSA) is 67.4 Å². The van der Waals surface area contributed by atoms with Gasteiger partial charge in [0, 0.05) is 39.0 Å². The van der Waals surface area contributed by atoms with E-state index in [2.05, 4.69) is 20.5 Å². The molecule has 1 saturated heterocycles. The van der Waals surface area contributed by atoms with E-state index in [1.807, 2.05) is 25.1 Å². The quantitative estimate of drug-likeness (QED) is 0.508. The van der Waals surface area contributed by atoms with Crippen molar-refractivity contribution in [2.24, 2.45) is 10.9 Å². The molecule has 0 bridgehead atoms. The van der Waals surface area contributed by atoms with E-state index in [1.54, 1.807) is 21.3 Å². The summed E-state index contributed by atoms with van der Waals surface area (Å²) in [6.45, 7) is 7.60. The molecule has 0 amide bonds. The van der Waals surface area contributed by atoms with Crippen molar-refractivity contribution in [2.75, 3.05) is 66.0 Å². The molecule has 2 N–H and O–H groups in total. The van der Waals surface area contributed by atoms with Crippen LogP contribution in [0.3, 0.4) is 0 Å². The highest BCUT2D eigenvalue weighted by Gasteiger charge is 2.19. The van der Waals surface area contributed by atoms with Gasteiger partial charge in [0.1, 0.15) is 0 Å². The molecule has 1 heterocycles. The van der Waals surface area contributed by atoms with Crippen molar-refractivity contribution < 1.29 is 14.2 Å². The molecule has 152 valence electrons. The summed E-state index contributed by atoms with van der Waals surface area (Å²) in [7, 11) is 5.19. The molecule has 0 saturated carbocycles. The van der Waals surface area contributed by atoms with Crippen molar-refractivity contribution in [1.29, 1.82) is 0 Å². The standard InChI is InChI=1S/C20H34N4O3/c1-5-27-18-7-6-17(14-19(18)26-4)23-20(21-2)22-15-16-8-10-24(11-9-16)12-13-25-3/h6-7,14,16H,5,8-13,15H2,1-4H3,(H2,21,22,23). The number of rotatable bonds is 9. The van der Waals surface area contributed by atoms with Gasteiger partial charge in [-0.25, -0.2) is 0 Å². The highest BCUT2D eigenvalue weighted by molar-refractivity contribution is 5.93. The molecule has 2 rings (SSSR count). The van der Waals surface area contributed by atoms with Crippen LogP contribution >= 0.6 is 0 Å². The Balaban J connectivity index is 1.81. The summed E-state index contributed by atoms with van der Waals surface area (Å²) in [5.41, 5.74) is 0.915. The predicted octanol–water partition coefficient (Wildman–Crippen LogP) is 2.44. The van der Waals surface area contributed by atoms with Crippen molar-refractivity contribution >= 4 is 11.6 Å². The maximum atomic E-state index is 5.56. The van der Waals surface area contributed by atoms with Gasteiger partial charge in [0.2, 0.25) is 0 Å². The van der Waals surface area contributed by atoms with E-state index in [0.29, 0.717) is 18.3 Å². The lowest BCUT2D eigenvalue weighted by Gasteiger charge is -2.32. The monoisotopic (exact) mass is 378 g/mol. The smallest absolute Gasteiger partial charge is 0.195 e. The van der Waals surface area contributed by atoms with Crippen LogP contribution in [0.4, 0.5) is 5.69 Å². The molecule has 1 aromatic rings. The van der Waals surface area contributed by atoms with Crippen molar-refractivity contribution in [3.8, 4) is 11.5 Å². The first-order valence-electron chi connectivity index (χ1n) is 9.70. The Labute approximate surface area is 163 Å². The van der Waals surface area contributed by atoms with Crippen LogP contribution in [0, 0.1) is 5.92 Å². The second-order valence-corrected chi connectivity index (χ2v) is 6.65. The van der Waals surface area contributed by atoms with E-state index in [4.69, 9.17) is 14.2 Å². The van der Waals surface area contributed by atoms with Crippen LogP contribution < -0.4 is 20.1 Å². The molecule has 1 aliphatic heterocycles. The van der Waals surface area contributed by atoms with Crippen LogP contribution in [0.2, 0.25) is 0 Å². The van der Waals surface area contributed by atoms with E-state index >= 15 is 0 Å². The van der Waals surface area contributed by atoms with Gasteiger partial charge in [-0.15, -0.1) is 0 Å². The van der Waals surface area contributed by atoms with E-state index in [1.165, 1.54) is 12.8 Å². The number of nitrogens with zero attached hydrogens (tertiary/aromatic N) is 2. The molecule has 0 spiro atoms. The van der Waals surface area contributed by atoms with Gasteiger partial charge in [-0.3, -0.25) is 4.99 Å². The molecule has 0 radical (unpaired) electrons. The van der Waals surface area contributed by atoms with Crippen molar-refractivity contribution in [3.05, 3.63) is 18.2 Å². The number of methoxy groups -OCH3 is 2. The summed E-state index contributed by atoms with van der Waals surface area (Å²) in [6.07, 6.45) is 2.40. The van der Waals surface area contributed by atoms with Gasteiger partial charge in [0.25, 0.3) is 0 Å². The van der Waals surface area contributed by atoms with Gasteiger partial charge < -0.3 is 29.7 Å². The third-order valence-corrected chi connectivity index (χ3v) is 4.83. The molecule has 1 aromatic carbocycles. The zero-order valence-electron chi connectivity index (χ0n) is 17.1. The summed E-state index contributed by atoms with van der Waals surface area (Å²) in [6, 6.07) is 5.80. The van der Waals surface area contributed by atoms with Gasteiger partial charge in [-0.1, -0.05) is 0 Å². The highest BCUT2D eigenvalue weighted by atomic mass is 16.5. The number of aliphatic imine (C=N–C) groups is 1. The van der Waals surface area contributed by atoms with Crippen LogP contribution in [-0.2, 0) is 4.74 Å². The van der Waals surface area contributed by atoms with Gasteiger partial charge >= 0.3 is 0 Å². The van der Waals surface area contributed by atoms with Crippen LogP contribution in [-0.4, -0.2) is 71.5 Å². The lowest BCUT2D eigenvalue weighted by atomic mass is 9.97. The minimum atomic E-state index is 0.608. The zero-order valence-corrected chi connectivity index (χ0v) is 17.1. The molecule has 1 fully saturated rings. The van der Waals surface area contributed by atoms with E-state index in [-0.39, 0.29) is 0 Å². The van der Waals surface area contributed by atoms with Gasteiger partial charge in [0.05, 0.1) is 20.3 Å². The minimum Gasteiger partial charge on any atom is -0.493 e. The SMILES string of the molecule is CCOc1ccc(NC(=NC)NCC2CCN(CCOC)CC2)cc1OC. The fraction of sp³-hybridized carbons (Fsp3) is 0.650. The Kier molecular flexibility index (Phi) is 9.21. The van der Waals surface area contributed by atoms with E-state index in [9.17, 15) is 0 Å². The number of guanidine groups is 1. The summed E-state index contributed by atoms with van der Waals surface area (Å²) in [4.78, 5) is 6.80. The Morgan fingerprint density at radius 1 is 1.22 bits per heavy atom. The second kappa shape index (κ2) is 11.7. The molecule has 1 aliphatic rings. The lowest BCUT2D eigenvalue weighted by Crippen LogP contribution is -2.41. The summed E-state index contributed by atoms with van der Waals surface area (Å²) < 4.78 is 16.1. The third-order valence-electron chi connectivity index (χ3n) is 4.83. The number of piperidine rings is 1. The summed E-state index contributed by atoms with van der Waals surface area (Å²) >= 11 is 0. The normalized spacial score (nSPS) is 16.2. The van der Waals surface area contributed by atoms with Crippen molar-refractivity contribution in [2.45, 2.75) is 19.8 Å². The zero-order chi connectivity index (χ0) is 19.5. The van der Waals surface area contributed by atoms with Crippen LogP contribution in [0.15, 0.2) is 23.2 Å². The first-order valence-corrected chi connectivity index (χ1v) is 9.70. The molecule has 27 heavy (non-hydrogen) atoms. The Bertz CT molecular complexity index is 587. The van der Waals surface area contributed by atoms with Crippen LogP contribution in [0.25, 0.3) is 0 Å². The number of benzene rings is 1. The average molecular weight is 379 g/mol. The van der Waals surface area contributed by atoms with Gasteiger partial charge in [-0.2, -0.15) is 0 Å². The minimum absolute atomic E-state index is 0.608. The molecule has 0 unspecified atom stereocenters. The fourth-order valence-electron chi connectivity index (χ4n) is 3.21. The molecular formula is C20H34N4O3. The van der Waals surface area contributed by atoms with Crippen LogP contribution in [0.1, 0.15) is 19.8 Å². The van der Waals surface area contributed by atoms with Gasteiger partial charge in [-0.05, 0) is 50.9 Å². The molecule has 0 atom stereocenters. The predicted molar refractivity (Wildman–Crippen MR) is 110 cm³/mol. The largest absolute Gasteiger partial charge is 0.493 e. The molecule has 0 aromatic heterocycles. The maximum Gasteiger partial charge on any atom is 0.195 e. The number of likely N-dealkylation sites (tertiary alicyclic amines) is 1. The highest BCUT2D eigenvalue weighted by Crippen LogP contribution is 2.30. The number of ether oxygens (including phenoxy) is 3. The summed E-state index contributed by atoms with van der Waals surface area (Å²) in [5, 5.41) is 6.77. The lowest BCUT2D eigenvalue weighted by molar-refractivity contribution is 0.121. The van der Waals surface area contributed by atoms with Crippen molar-refractivity contribution in [3.63, 3.8) is 0 Å². The van der Waals surface area contributed by atoms with E-state index in [0.717, 1.165) is 50.2 Å². The second-order valence-electron chi connectivity index (χ2n) is 6.65. The third kappa shape index (κ3) is 6.92. The molecule has 0 aliphatic carbocycles.